The lowest BCUT2D eigenvalue weighted by Gasteiger charge is -2.11. The topological polar surface area (TPSA) is 93.8 Å². The highest BCUT2D eigenvalue weighted by Gasteiger charge is 2.33. The van der Waals surface area contributed by atoms with Crippen molar-refractivity contribution >= 4 is 34.0 Å². The van der Waals surface area contributed by atoms with Gasteiger partial charge < -0.3 is 9.29 Å². The fraction of sp³-hybridized carbons (Fsp3) is 0.281. The number of benzene rings is 3. The first kappa shape index (κ1) is 30.3. The van der Waals surface area contributed by atoms with E-state index in [-0.39, 0.29) is 23.5 Å². The Balaban J connectivity index is 1.51. The summed E-state index contributed by atoms with van der Waals surface area (Å²) in [6.45, 7) is 1.98. The number of carbonyl (C=O) groups excluding carboxylic acids is 1. The highest BCUT2D eigenvalue weighted by Crippen LogP contribution is 2.39. The van der Waals surface area contributed by atoms with Gasteiger partial charge in [-0.25, -0.2) is 31.8 Å². The zero-order chi connectivity index (χ0) is 31.0. The second-order valence-corrected chi connectivity index (χ2v) is 12.6. The first-order valence-corrected chi connectivity index (χ1v) is 16.2. The summed E-state index contributed by atoms with van der Waals surface area (Å²) >= 11 is -1.09. The van der Waals surface area contributed by atoms with Crippen LogP contribution in [0.25, 0.3) is 22.4 Å². The summed E-state index contributed by atoms with van der Waals surface area (Å²) in [6, 6.07) is 13.6. The maximum atomic E-state index is 15.1. The van der Waals surface area contributed by atoms with Crippen molar-refractivity contribution < 1.29 is 31.5 Å². The molecule has 1 aliphatic heterocycles. The molecule has 0 bridgehead atoms. The van der Waals surface area contributed by atoms with E-state index in [1.54, 1.807) is 35.9 Å². The van der Waals surface area contributed by atoms with Crippen LogP contribution < -0.4 is 0 Å². The minimum Gasteiger partial charge on any atom is -0.464 e. The zero-order valence-electron chi connectivity index (χ0n) is 23.6. The summed E-state index contributed by atoms with van der Waals surface area (Å²) in [5.41, 5.74) is 3.78. The molecule has 2 atom stereocenters. The number of rotatable bonds is 9. The second-order valence-electron chi connectivity index (χ2n) is 10.7. The van der Waals surface area contributed by atoms with Gasteiger partial charge in [0.25, 0.3) is 0 Å². The van der Waals surface area contributed by atoms with Crippen molar-refractivity contribution in [2.24, 2.45) is 10.9 Å². The summed E-state index contributed by atoms with van der Waals surface area (Å²) in [6.07, 6.45) is 2.96. The van der Waals surface area contributed by atoms with Gasteiger partial charge >= 0.3 is 5.97 Å². The average Bonchev–Trinajstić information content (AvgIpc) is 3.56. The third-order valence-electron chi connectivity index (χ3n) is 7.59. The lowest BCUT2D eigenvalue weighted by atomic mass is 9.95. The van der Waals surface area contributed by atoms with Crippen LogP contribution in [-0.2, 0) is 33.5 Å². The van der Waals surface area contributed by atoms with Crippen LogP contribution in [0.2, 0.25) is 0 Å². The van der Waals surface area contributed by atoms with Gasteiger partial charge in [-0.1, -0.05) is 30.0 Å². The number of esters is 1. The van der Waals surface area contributed by atoms with E-state index >= 15 is 4.39 Å². The molecule has 0 spiro atoms. The Hall–Kier alpha value is -3.74. The molecule has 1 fully saturated rings. The fourth-order valence-electron chi connectivity index (χ4n) is 5.25. The first-order valence-electron chi connectivity index (χ1n) is 14.1. The van der Waals surface area contributed by atoms with Gasteiger partial charge in [0, 0.05) is 28.9 Å². The molecular weight excluding hydrogens is 611 g/mol. The summed E-state index contributed by atoms with van der Waals surface area (Å²) in [5.74, 6) is -1.43. The lowest BCUT2D eigenvalue weighted by Crippen LogP contribution is -2.21. The van der Waals surface area contributed by atoms with Crippen molar-refractivity contribution in [3.63, 3.8) is 0 Å². The molecule has 44 heavy (non-hydrogen) atoms. The van der Waals surface area contributed by atoms with Crippen molar-refractivity contribution in [2.75, 3.05) is 12.4 Å². The molecule has 2 aliphatic rings. The Morgan fingerprint density at radius 2 is 1.89 bits per heavy atom. The van der Waals surface area contributed by atoms with Crippen molar-refractivity contribution in [1.29, 1.82) is 0 Å². The smallest absolute Gasteiger partial charge is 0.331 e. The van der Waals surface area contributed by atoms with Crippen LogP contribution in [0.4, 0.5) is 13.2 Å². The third kappa shape index (κ3) is 6.38. The van der Waals surface area contributed by atoms with Gasteiger partial charge in [0.15, 0.2) is 22.3 Å². The SMILES string of the molecule is CCOC(=O)C1CSC(n2nc(-c3ccc(F)c(-c4cccc(F)c4)c3)c(Cc3ccc(S(=O)O)c(F)c3)c2CC2CC2)=N1. The van der Waals surface area contributed by atoms with E-state index < -0.39 is 40.5 Å². The predicted octanol–water partition coefficient (Wildman–Crippen LogP) is 6.64. The van der Waals surface area contributed by atoms with Gasteiger partial charge in [0.05, 0.1) is 18.0 Å². The van der Waals surface area contributed by atoms with E-state index in [0.717, 1.165) is 24.1 Å². The summed E-state index contributed by atoms with van der Waals surface area (Å²) < 4.78 is 71.8. The predicted molar refractivity (Wildman–Crippen MR) is 163 cm³/mol. The molecule has 1 N–H and O–H groups in total. The van der Waals surface area contributed by atoms with Crippen LogP contribution in [-0.4, -0.2) is 48.1 Å². The normalized spacial score (nSPS) is 17.0. The second kappa shape index (κ2) is 12.7. The van der Waals surface area contributed by atoms with E-state index in [4.69, 9.17) is 9.84 Å². The van der Waals surface area contributed by atoms with Gasteiger partial charge in [-0.05, 0) is 85.7 Å². The molecule has 4 aromatic rings. The van der Waals surface area contributed by atoms with Crippen molar-refractivity contribution in [3.8, 4) is 22.4 Å². The molecular formula is C32H28F3N3O4S2. The van der Waals surface area contributed by atoms with Crippen LogP contribution in [0.3, 0.4) is 0 Å². The Morgan fingerprint density at radius 1 is 1.07 bits per heavy atom. The van der Waals surface area contributed by atoms with Gasteiger partial charge in [0.2, 0.25) is 0 Å². The Labute approximate surface area is 258 Å². The number of thioether (sulfide) groups is 1. The summed E-state index contributed by atoms with van der Waals surface area (Å²) in [5, 5.41) is 5.49. The van der Waals surface area contributed by atoms with E-state index in [2.05, 4.69) is 4.99 Å². The molecule has 6 rings (SSSR count). The Kier molecular flexibility index (Phi) is 8.75. The zero-order valence-corrected chi connectivity index (χ0v) is 25.3. The highest BCUT2D eigenvalue weighted by molar-refractivity contribution is 8.14. The molecule has 7 nitrogen and oxygen atoms in total. The Bertz CT molecular complexity index is 1810. The van der Waals surface area contributed by atoms with Crippen LogP contribution >= 0.6 is 11.8 Å². The fourth-order valence-corrected chi connectivity index (χ4v) is 6.66. The molecule has 0 radical (unpaired) electrons. The molecule has 12 heteroatoms. The van der Waals surface area contributed by atoms with E-state index in [9.17, 15) is 22.3 Å². The Morgan fingerprint density at radius 3 is 2.59 bits per heavy atom. The van der Waals surface area contributed by atoms with Crippen LogP contribution in [0, 0.1) is 23.4 Å². The summed E-state index contributed by atoms with van der Waals surface area (Å²) in [7, 11) is 0. The van der Waals surface area contributed by atoms with Gasteiger partial charge in [-0.3, -0.25) is 0 Å². The molecule has 0 amide bonds. The van der Waals surface area contributed by atoms with E-state index in [1.165, 1.54) is 48.2 Å². The molecule has 3 aromatic carbocycles. The molecule has 0 saturated heterocycles. The molecule has 1 aliphatic carbocycles. The number of aromatic nitrogens is 2. The molecule has 228 valence electrons. The monoisotopic (exact) mass is 639 g/mol. The number of carbonyl (C=O) groups is 1. The molecule has 2 unspecified atom stereocenters. The number of hydrogen-bond donors (Lipinski definition) is 1. The minimum absolute atomic E-state index is 0.196. The van der Waals surface area contributed by atoms with Gasteiger partial charge in [-0.15, -0.1) is 0 Å². The average molecular weight is 640 g/mol. The van der Waals surface area contributed by atoms with Gasteiger partial charge in [0.1, 0.15) is 22.3 Å². The van der Waals surface area contributed by atoms with E-state index in [0.29, 0.717) is 45.6 Å². The van der Waals surface area contributed by atoms with Gasteiger partial charge in [-0.2, -0.15) is 5.10 Å². The highest BCUT2D eigenvalue weighted by atomic mass is 32.2. The first-order chi connectivity index (χ1) is 21.2. The number of ether oxygens (including phenoxy) is 1. The molecule has 1 aromatic heterocycles. The van der Waals surface area contributed by atoms with Crippen LogP contribution in [0.15, 0.2) is 70.6 Å². The maximum absolute atomic E-state index is 15.1. The van der Waals surface area contributed by atoms with Crippen molar-refractivity contribution in [3.05, 3.63) is 94.9 Å². The molecule has 1 saturated carbocycles. The number of halogens is 3. The third-order valence-corrected chi connectivity index (χ3v) is 9.31. The van der Waals surface area contributed by atoms with Crippen molar-refractivity contribution in [1.82, 2.24) is 9.78 Å². The minimum atomic E-state index is -2.47. The standard InChI is InChI=1S/C32H28F3N3O4S2/c1-2-42-31(39)27-17-43-32(36-27)38-28(14-18-6-7-18)24(12-19-8-11-29(44(40)41)26(35)13-19)30(37-38)21-9-10-25(34)23(16-21)20-4-3-5-22(33)15-20/h3-5,8-11,13,15-16,18,27H,2,6-7,12,14,17H2,1H3,(H,40,41). The quantitative estimate of drug-likeness (QED) is 0.163. The van der Waals surface area contributed by atoms with E-state index in [1.807, 2.05) is 0 Å². The number of aliphatic imine (C=N–C) groups is 1. The number of hydrogen-bond acceptors (Lipinski definition) is 6. The van der Waals surface area contributed by atoms with Crippen LogP contribution in [0.5, 0.6) is 0 Å². The molecule has 2 heterocycles. The van der Waals surface area contributed by atoms with Crippen LogP contribution in [0.1, 0.15) is 36.6 Å². The largest absolute Gasteiger partial charge is 0.464 e. The number of nitrogens with zero attached hydrogens (tertiary/aromatic N) is 3. The summed E-state index contributed by atoms with van der Waals surface area (Å²) in [4.78, 5) is 16.8. The van der Waals surface area contributed by atoms with Crippen molar-refractivity contribution in [2.45, 2.75) is 43.5 Å². The lowest BCUT2D eigenvalue weighted by molar-refractivity contribution is -0.143. The maximum Gasteiger partial charge on any atom is 0.331 e.